The third-order valence-electron chi connectivity index (χ3n) is 4.22. The summed E-state index contributed by atoms with van der Waals surface area (Å²) in [5, 5.41) is 5.16. The van der Waals surface area contributed by atoms with E-state index in [0.717, 1.165) is 9.69 Å². The summed E-state index contributed by atoms with van der Waals surface area (Å²) in [6, 6.07) is 16.0. The van der Waals surface area contributed by atoms with Crippen molar-refractivity contribution in [2.75, 3.05) is 10.8 Å². The van der Waals surface area contributed by atoms with Gasteiger partial charge in [-0.05, 0) is 35.2 Å². The predicted octanol–water partition coefficient (Wildman–Crippen LogP) is 2.64. The van der Waals surface area contributed by atoms with Gasteiger partial charge in [0.25, 0.3) is 15.9 Å². The van der Waals surface area contributed by atoms with Gasteiger partial charge in [-0.15, -0.1) is 0 Å². The van der Waals surface area contributed by atoms with Crippen LogP contribution in [-0.4, -0.2) is 27.1 Å². The van der Waals surface area contributed by atoms with E-state index in [4.69, 9.17) is 0 Å². The molecule has 3 aromatic rings. The van der Waals surface area contributed by atoms with Crippen LogP contribution in [0.4, 0.5) is 10.1 Å². The molecule has 0 atom stereocenters. The Hall–Kier alpha value is -3.26. The molecule has 0 fully saturated rings. The number of rotatable bonds is 4. The minimum atomic E-state index is -3.81. The van der Waals surface area contributed by atoms with Crippen LogP contribution in [0.2, 0.25) is 0 Å². The molecule has 27 heavy (non-hydrogen) atoms. The lowest BCUT2D eigenvalue weighted by molar-refractivity contribution is -0.119. The Labute approximate surface area is 155 Å². The van der Waals surface area contributed by atoms with Crippen molar-refractivity contribution in [1.82, 2.24) is 5.43 Å². The lowest BCUT2D eigenvalue weighted by Crippen LogP contribution is -2.37. The second-order valence-electron chi connectivity index (χ2n) is 5.99. The summed E-state index contributed by atoms with van der Waals surface area (Å²) in [5.74, 6) is -1.02. The molecule has 0 spiro atoms. The summed E-state index contributed by atoms with van der Waals surface area (Å²) in [5.41, 5.74) is 3.21. The maximum absolute atomic E-state index is 13.1. The fraction of sp³-hybridized carbons (Fsp3) is 0.0526. The second-order valence-corrected chi connectivity index (χ2v) is 7.82. The summed E-state index contributed by atoms with van der Waals surface area (Å²) < 4.78 is 39.8. The molecule has 0 unspecified atom stereocenters. The quantitative estimate of drug-likeness (QED) is 0.556. The first kappa shape index (κ1) is 17.2. The zero-order valence-corrected chi connectivity index (χ0v) is 14.8. The number of carbonyl (C=O) groups excluding carboxylic acids is 1. The van der Waals surface area contributed by atoms with Crippen LogP contribution in [0.1, 0.15) is 5.56 Å². The molecule has 0 aliphatic carbocycles. The summed E-state index contributed by atoms with van der Waals surface area (Å²) in [6.45, 7) is -0.406. The van der Waals surface area contributed by atoms with Gasteiger partial charge >= 0.3 is 0 Å². The van der Waals surface area contributed by atoms with Crippen molar-refractivity contribution in [3.8, 4) is 0 Å². The molecule has 136 valence electrons. The Bertz CT molecular complexity index is 1190. The lowest BCUT2D eigenvalue weighted by atomic mass is 10.1. The average molecular weight is 383 g/mol. The van der Waals surface area contributed by atoms with E-state index in [1.165, 1.54) is 30.5 Å². The first-order valence-electron chi connectivity index (χ1n) is 8.09. The highest BCUT2D eigenvalue weighted by Gasteiger charge is 2.36. The third kappa shape index (κ3) is 3.04. The summed E-state index contributed by atoms with van der Waals surface area (Å²) in [7, 11) is -3.81. The minimum Gasteiger partial charge on any atom is -0.271 e. The van der Waals surface area contributed by atoms with Crippen molar-refractivity contribution in [2.45, 2.75) is 4.90 Å². The van der Waals surface area contributed by atoms with Crippen molar-refractivity contribution in [3.63, 3.8) is 0 Å². The number of benzene rings is 3. The molecule has 3 aromatic carbocycles. The predicted molar refractivity (Wildman–Crippen MR) is 101 cm³/mol. The van der Waals surface area contributed by atoms with Crippen LogP contribution in [0.15, 0.2) is 70.7 Å². The van der Waals surface area contributed by atoms with Crippen LogP contribution in [0.5, 0.6) is 0 Å². The van der Waals surface area contributed by atoms with E-state index in [-0.39, 0.29) is 4.90 Å². The molecule has 0 saturated carbocycles. The third-order valence-corrected chi connectivity index (χ3v) is 6.02. The lowest BCUT2D eigenvalue weighted by Gasteiger charge is -2.17. The molecule has 1 heterocycles. The van der Waals surface area contributed by atoms with Crippen LogP contribution >= 0.6 is 0 Å². The van der Waals surface area contributed by atoms with Crippen molar-refractivity contribution in [2.24, 2.45) is 5.10 Å². The molecule has 0 aromatic heterocycles. The number of hydrazone groups is 1. The molecule has 0 radical (unpaired) electrons. The SMILES string of the molecule is O=C(CN1c2cccc3cccc(c23)S1(=O)=O)N/N=C\c1cccc(F)c1. The summed E-state index contributed by atoms with van der Waals surface area (Å²) in [4.78, 5) is 12.4. The number of carbonyl (C=O) groups is 1. The van der Waals surface area contributed by atoms with Gasteiger partial charge in [0.05, 0.1) is 16.8 Å². The summed E-state index contributed by atoms with van der Waals surface area (Å²) >= 11 is 0. The number of anilines is 1. The molecular formula is C19H14FN3O3S. The maximum Gasteiger partial charge on any atom is 0.265 e. The van der Waals surface area contributed by atoms with E-state index in [0.29, 0.717) is 16.6 Å². The Balaban J connectivity index is 1.55. The highest BCUT2D eigenvalue weighted by atomic mass is 32.2. The Morgan fingerprint density at radius 3 is 2.63 bits per heavy atom. The van der Waals surface area contributed by atoms with Crippen LogP contribution < -0.4 is 9.73 Å². The number of hydrogen-bond donors (Lipinski definition) is 1. The number of sulfonamides is 1. The second kappa shape index (κ2) is 6.48. The normalized spacial score (nSPS) is 14.8. The monoisotopic (exact) mass is 383 g/mol. The molecular weight excluding hydrogens is 369 g/mol. The Morgan fingerprint density at radius 2 is 1.85 bits per heavy atom. The molecule has 6 nitrogen and oxygen atoms in total. The Kier molecular flexibility index (Phi) is 4.12. The van der Waals surface area contributed by atoms with Gasteiger partial charge < -0.3 is 0 Å². The number of nitrogens with zero attached hydrogens (tertiary/aromatic N) is 2. The van der Waals surface area contributed by atoms with Gasteiger partial charge in [-0.3, -0.25) is 9.10 Å². The molecule has 1 aliphatic heterocycles. The molecule has 8 heteroatoms. The largest absolute Gasteiger partial charge is 0.271 e. The zero-order chi connectivity index (χ0) is 19.0. The van der Waals surface area contributed by atoms with Gasteiger partial charge in [-0.2, -0.15) is 5.10 Å². The molecule has 1 aliphatic rings. The topological polar surface area (TPSA) is 78.8 Å². The van der Waals surface area contributed by atoms with E-state index in [1.54, 1.807) is 24.3 Å². The number of hydrogen-bond acceptors (Lipinski definition) is 4. The maximum atomic E-state index is 13.1. The van der Waals surface area contributed by atoms with Crippen LogP contribution in [0, 0.1) is 5.82 Å². The van der Waals surface area contributed by atoms with Crippen LogP contribution in [-0.2, 0) is 14.8 Å². The fourth-order valence-electron chi connectivity index (χ4n) is 3.06. The molecule has 0 saturated heterocycles. The van der Waals surface area contributed by atoms with Gasteiger partial charge in [0.15, 0.2) is 0 Å². The smallest absolute Gasteiger partial charge is 0.265 e. The highest BCUT2D eigenvalue weighted by molar-refractivity contribution is 7.93. The van der Waals surface area contributed by atoms with Gasteiger partial charge in [-0.25, -0.2) is 18.2 Å². The van der Waals surface area contributed by atoms with Crippen molar-refractivity contribution in [3.05, 3.63) is 72.0 Å². The highest BCUT2D eigenvalue weighted by Crippen LogP contribution is 2.41. The van der Waals surface area contributed by atoms with E-state index in [1.807, 2.05) is 12.1 Å². The standard InChI is InChI=1S/C19H14FN3O3S/c20-15-7-1-4-13(10-15)11-21-22-18(24)12-23-16-8-2-5-14-6-3-9-17(19(14)16)27(23,25)26/h1-11H,12H2,(H,22,24)/b21-11-. The van der Waals surface area contributed by atoms with Crippen LogP contribution in [0.25, 0.3) is 10.8 Å². The zero-order valence-electron chi connectivity index (χ0n) is 14.0. The number of amides is 1. The molecule has 1 N–H and O–H groups in total. The molecule has 1 amide bonds. The van der Waals surface area contributed by atoms with Crippen molar-refractivity contribution >= 4 is 38.6 Å². The van der Waals surface area contributed by atoms with Crippen molar-refractivity contribution in [1.29, 1.82) is 0 Å². The molecule has 0 bridgehead atoms. The van der Waals surface area contributed by atoms with E-state index >= 15 is 0 Å². The van der Waals surface area contributed by atoms with E-state index in [9.17, 15) is 17.6 Å². The van der Waals surface area contributed by atoms with Crippen molar-refractivity contribution < 1.29 is 17.6 Å². The Morgan fingerprint density at radius 1 is 1.11 bits per heavy atom. The van der Waals surface area contributed by atoms with Gasteiger partial charge in [-0.1, -0.05) is 36.4 Å². The van der Waals surface area contributed by atoms with Crippen LogP contribution in [0.3, 0.4) is 0 Å². The first-order chi connectivity index (χ1) is 13.0. The summed E-state index contributed by atoms with van der Waals surface area (Å²) in [6.07, 6.45) is 1.29. The number of nitrogens with one attached hydrogen (secondary N) is 1. The number of halogens is 1. The van der Waals surface area contributed by atoms with E-state index in [2.05, 4.69) is 10.5 Å². The fourth-order valence-corrected chi connectivity index (χ4v) is 4.73. The molecule has 4 rings (SSSR count). The average Bonchev–Trinajstić information content (AvgIpc) is 2.85. The van der Waals surface area contributed by atoms with Gasteiger partial charge in [0.2, 0.25) is 0 Å². The minimum absolute atomic E-state index is 0.187. The van der Waals surface area contributed by atoms with E-state index < -0.39 is 28.3 Å². The van der Waals surface area contributed by atoms with Gasteiger partial charge in [0.1, 0.15) is 12.4 Å². The van der Waals surface area contributed by atoms with Gasteiger partial charge in [0, 0.05) is 5.39 Å². The first-order valence-corrected chi connectivity index (χ1v) is 9.53.